The van der Waals surface area contributed by atoms with Crippen molar-refractivity contribution in [1.29, 1.82) is 0 Å². The zero-order valence-electron chi connectivity index (χ0n) is 19.4. The Bertz CT molecular complexity index is 1370. The Labute approximate surface area is 198 Å². The first-order chi connectivity index (χ1) is 16.2. The molecule has 0 unspecified atom stereocenters. The number of nitrogens with one attached hydrogen (secondary N) is 1. The van der Waals surface area contributed by atoms with Gasteiger partial charge < -0.3 is 14.6 Å². The molecule has 9 heteroatoms. The molecule has 0 bridgehead atoms. The number of carbonyl (C=O) groups is 2. The van der Waals surface area contributed by atoms with E-state index < -0.39 is 15.9 Å². The van der Waals surface area contributed by atoms with Crippen LogP contribution < -0.4 is 5.32 Å². The number of likely N-dealkylation sites (N-methyl/N-ethyl adjacent to an activating group) is 1. The van der Waals surface area contributed by atoms with E-state index in [1.54, 1.807) is 68.7 Å². The minimum Gasteiger partial charge on any atom is -0.461 e. The summed E-state index contributed by atoms with van der Waals surface area (Å²) in [7, 11) is -0.627. The maximum atomic E-state index is 13.3. The van der Waals surface area contributed by atoms with E-state index in [1.165, 1.54) is 4.90 Å². The molecular formula is C25H27N3O5S. The molecule has 1 aromatic heterocycles. The van der Waals surface area contributed by atoms with Gasteiger partial charge in [0.2, 0.25) is 5.91 Å². The molecule has 0 spiro atoms. The van der Waals surface area contributed by atoms with Crippen molar-refractivity contribution in [1.82, 2.24) is 9.21 Å². The molecule has 1 aliphatic rings. The zero-order chi connectivity index (χ0) is 24.5. The number of carbonyl (C=O) groups excluding carboxylic acids is 2. The second kappa shape index (κ2) is 9.34. The Morgan fingerprint density at radius 1 is 1.09 bits per heavy atom. The van der Waals surface area contributed by atoms with Crippen LogP contribution in [0.3, 0.4) is 0 Å². The lowest BCUT2D eigenvalue weighted by Gasteiger charge is -2.16. The minimum atomic E-state index is -3.99. The van der Waals surface area contributed by atoms with Crippen LogP contribution in [0.4, 0.5) is 5.69 Å². The fourth-order valence-electron chi connectivity index (χ4n) is 3.80. The predicted octanol–water partition coefficient (Wildman–Crippen LogP) is 3.82. The van der Waals surface area contributed by atoms with Crippen LogP contribution in [0.15, 0.2) is 64.7 Å². The zero-order valence-corrected chi connectivity index (χ0v) is 20.2. The van der Waals surface area contributed by atoms with Crippen molar-refractivity contribution in [3.05, 3.63) is 71.6 Å². The highest BCUT2D eigenvalue weighted by molar-refractivity contribution is 7.99. The highest BCUT2D eigenvalue weighted by Gasteiger charge is 2.44. The first-order valence-corrected chi connectivity index (χ1v) is 12.5. The molecule has 178 valence electrons. The van der Waals surface area contributed by atoms with Crippen molar-refractivity contribution in [2.75, 3.05) is 26.0 Å². The first-order valence-electron chi connectivity index (χ1n) is 11.1. The Morgan fingerprint density at radius 3 is 2.50 bits per heavy atom. The number of fused-ring (bicyclic) bond motifs is 1. The van der Waals surface area contributed by atoms with Crippen LogP contribution in [0.1, 0.15) is 31.1 Å². The van der Waals surface area contributed by atoms with Crippen LogP contribution in [0.25, 0.3) is 15.9 Å². The van der Waals surface area contributed by atoms with Crippen LogP contribution in [0, 0.1) is 0 Å². The van der Waals surface area contributed by atoms with E-state index in [9.17, 15) is 18.0 Å². The van der Waals surface area contributed by atoms with Gasteiger partial charge in [0.25, 0.3) is 15.9 Å². The second-order valence-corrected chi connectivity index (χ2v) is 10.2. The molecule has 1 aliphatic heterocycles. The first kappa shape index (κ1) is 23.6. The lowest BCUT2D eigenvalue weighted by Crippen LogP contribution is -2.33. The lowest BCUT2D eigenvalue weighted by atomic mass is 10.1. The van der Waals surface area contributed by atoms with Gasteiger partial charge in [-0.1, -0.05) is 43.7 Å². The summed E-state index contributed by atoms with van der Waals surface area (Å²) >= 11 is 0. The van der Waals surface area contributed by atoms with Gasteiger partial charge in [0.05, 0.1) is 6.42 Å². The van der Waals surface area contributed by atoms with Gasteiger partial charge in [0.1, 0.15) is 21.9 Å². The van der Waals surface area contributed by atoms with E-state index in [1.807, 2.05) is 6.92 Å². The van der Waals surface area contributed by atoms with E-state index in [0.29, 0.717) is 29.0 Å². The molecule has 0 aliphatic carbocycles. The summed E-state index contributed by atoms with van der Waals surface area (Å²) in [5.74, 6) is -0.124. The van der Waals surface area contributed by atoms with Crippen LogP contribution in [0.2, 0.25) is 0 Å². The Hall–Kier alpha value is -3.59. The summed E-state index contributed by atoms with van der Waals surface area (Å²) in [5, 5.41) is 3.79. The number of nitrogens with zero attached hydrogens (tertiary/aromatic N) is 2. The molecular weight excluding hydrogens is 454 g/mol. The van der Waals surface area contributed by atoms with Gasteiger partial charge in [-0.3, -0.25) is 9.59 Å². The number of hydrogen-bond donors (Lipinski definition) is 1. The van der Waals surface area contributed by atoms with Gasteiger partial charge in [-0.05, 0) is 36.2 Å². The summed E-state index contributed by atoms with van der Waals surface area (Å²) in [5.41, 5.74) is 1.61. The molecule has 2 heterocycles. The van der Waals surface area contributed by atoms with Gasteiger partial charge in [-0.2, -0.15) is 0 Å². The average molecular weight is 482 g/mol. The highest BCUT2D eigenvalue weighted by Crippen LogP contribution is 2.37. The van der Waals surface area contributed by atoms with Crippen LogP contribution in [-0.2, 0) is 26.0 Å². The third kappa shape index (κ3) is 4.43. The van der Waals surface area contributed by atoms with Crippen LogP contribution in [-0.4, -0.2) is 50.1 Å². The van der Waals surface area contributed by atoms with Gasteiger partial charge in [-0.25, -0.2) is 12.7 Å². The van der Waals surface area contributed by atoms with Crippen molar-refractivity contribution in [2.45, 2.75) is 26.2 Å². The summed E-state index contributed by atoms with van der Waals surface area (Å²) < 4.78 is 33.4. The molecule has 2 aromatic carbocycles. The molecule has 0 saturated carbocycles. The van der Waals surface area contributed by atoms with Crippen molar-refractivity contribution < 1.29 is 22.4 Å². The van der Waals surface area contributed by atoms with Crippen molar-refractivity contribution in [3.8, 4) is 0 Å². The number of rotatable bonds is 8. The van der Waals surface area contributed by atoms with Gasteiger partial charge in [0, 0.05) is 31.7 Å². The van der Waals surface area contributed by atoms with Crippen LogP contribution in [0.5, 0.6) is 0 Å². The SMILES string of the molecule is CCCCN1C(=O)C(Nc2ccc3oc(CC(=O)N(C)C)cc3c2)=C(c2ccccc2)S1(=O)=O. The molecule has 1 N–H and O–H groups in total. The van der Waals surface area contributed by atoms with Gasteiger partial charge >= 0.3 is 0 Å². The van der Waals surface area contributed by atoms with E-state index in [-0.39, 0.29) is 29.5 Å². The monoisotopic (exact) mass is 481 g/mol. The van der Waals surface area contributed by atoms with Crippen molar-refractivity contribution in [3.63, 3.8) is 0 Å². The fourth-order valence-corrected chi connectivity index (χ4v) is 5.53. The smallest absolute Gasteiger partial charge is 0.285 e. The number of anilines is 1. The standard InChI is InChI=1S/C25H27N3O5S/c1-4-5-13-28-25(30)23(24(34(28,31)32)17-9-7-6-8-10-17)26-19-11-12-21-18(14-19)15-20(33-21)16-22(29)27(2)3/h6-12,14-15,26H,4-5,13,16H2,1-3H3. The van der Waals surface area contributed by atoms with E-state index in [4.69, 9.17) is 4.42 Å². The maximum absolute atomic E-state index is 13.3. The topological polar surface area (TPSA) is 99.9 Å². The molecule has 2 amide bonds. The number of sulfonamides is 1. The highest BCUT2D eigenvalue weighted by atomic mass is 32.2. The molecule has 0 atom stereocenters. The fraction of sp³-hybridized carbons (Fsp3) is 0.280. The molecule has 34 heavy (non-hydrogen) atoms. The van der Waals surface area contributed by atoms with E-state index >= 15 is 0 Å². The van der Waals surface area contributed by atoms with E-state index in [0.717, 1.165) is 16.1 Å². The average Bonchev–Trinajstić information content (AvgIpc) is 3.27. The molecule has 3 aromatic rings. The predicted molar refractivity (Wildman–Crippen MR) is 131 cm³/mol. The number of amides is 2. The number of benzene rings is 2. The summed E-state index contributed by atoms with van der Waals surface area (Å²) in [4.78, 5) is 26.7. The Kier molecular flexibility index (Phi) is 6.47. The summed E-state index contributed by atoms with van der Waals surface area (Å²) in [6, 6.07) is 15.6. The molecule has 8 nitrogen and oxygen atoms in total. The van der Waals surface area contributed by atoms with Gasteiger partial charge in [0.15, 0.2) is 0 Å². The third-order valence-corrected chi connectivity index (χ3v) is 7.51. The largest absolute Gasteiger partial charge is 0.461 e. The minimum absolute atomic E-state index is 0.0214. The molecule has 0 saturated heterocycles. The Morgan fingerprint density at radius 2 is 1.82 bits per heavy atom. The van der Waals surface area contributed by atoms with Crippen molar-refractivity contribution in [2.24, 2.45) is 0 Å². The summed E-state index contributed by atoms with van der Waals surface area (Å²) in [6.45, 7) is 2.07. The second-order valence-electron chi connectivity index (χ2n) is 8.36. The van der Waals surface area contributed by atoms with Crippen LogP contribution >= 0.6 is 0 Å². The normalized spacial score (nSPS) is 15.3. The third-order valence-electron chi connectivity index (χ3n) is 5.63. The quantitative estimate of drug-likeness (QED) is 0.525. The number of furan rings is 1. The number of unbranched alkanes of at least 4 members (excludes halogenated alkanes) is 1. The van der Waals surface area contributed by atoms with E-state index in [2.05, 4.69) is 5.32 Å². The lowest BCUT2D eigenvalue weighted by molar-refractivity contribution is -0.128. The summed E-state index contributed by atoms with van der Waals surface area (Å²) in [6.07, 6.45) is 1.48. The number of hydrogen-bond acceptors (Lipinski definition) is 6. The molecule has 4 rings (SSSR count). The van der Waals surface area contributed by atoms with Crippen molar-refractivity contribution >= 4 is 43.4 Å². The molecule has 0 radical (unpaired) electrons. The maximum Gasteiger partial charge on any atom is 0.285 e. The molecule has 0 fully saturated rings. The van der Waals surface area contributed by atoms with Gasteiger partial charge in [-0.15, -0.1) is 0 Å². The Balaban J connectivity index is 1.72.